The monoisotopic (exact) mass is 254 g/mol. The van der Waals surface area contributed by atoms with Gasteiger partial charge in [-0.2, -0.15) is 0 Å². The standard InChI is InChI=1S/C12H18N2O4/c1-2-18-11-7-5-6-10(12(11)14(16)17)13-8-3-4-9-15/h5-7,13,15H,2-4,8-9H2,1H3. The van der Waals surface area contributed by atoms with Crippen LogP contribution in [0.3, 0.4) is 0 Å². The largest absolute Gasteiger partial charge is 0.487 e. The Morgan fingerprint density at radius 1 is 1.44 bits per heavy atom. The first-order chi connectivity index (χ1) is 8.70. The van der Waals surface area contributed by atoms with E-state index in [1.165, 1.54) is 0 Å². The van der Waals surface area contributed by atoms with Crippen LogP contribution in [0.15, 0.2) is 18.2 Å². The molecule has 0 fully saturated rings. The molecule has 1 aromatic carbocycles. The molecule has 18 heavy (non-hydrogen) atoms. The number of aliphatic hydroxyl groups is 1. The molecule has 100 valence electrons. The van der Waals surface area contributed by atoms with Crippen molar-refractivity contribution in [2.45, 2.75) is 19.8 Å². The fraction of sp³-hybridized carbons (Fsp3) is 0.500. The van der Waals surface area contributed by atoms with Gasteiger partial charge in [-0.05, 0) is 31.9 Å². The van der Waals surface area contributed by atoms with E-state index in [0.717, 1.165) is 6.42 Å². The molecule has 0 amide bonds. The summed E-state index contributed by atoms with van der Waals surface area (Å²) in [5.41, 5.74) is 0.409. The second-order valence-electron chi connectivity index (χ2n) is 3.70. The minimum atomic E-state index is -0.445. The van der Waals surface area contributed by atoms with E-state index in [4.69, 9.17) is 9.84 Å². The number of anilines is 1. The molecule has 1 aromatic rings. The van der Waals surface area contributed by atoms with Crippen LogP contribution in [0.1, 0.15) is 19.8 Å². The van der Waals surface area contributed by atoms with Crippen LogP contribution in [-0.4, -0.2) is 29.8 Å². The molecule has 0 saturated heterocycles. The second-order valence-corrected chi connectivity index (χ2v) is 3.70. The van der Waals surface area contributed by atoms with E-state index in [0.29, 0.717) is 25.3 Å². The predicted octanol–water partition coefficient (Wildman–Crippen LogP) is 2.18. The van der Waals surface area contributed by atoms with Gasteiger partial charge in [-0.15, -0.1) is 0 Å². The Morgan fingerprint density at radius 2 is 2.22 bits per heavy atom. The Labute approximate surface area is 106 Å². The van der Waals surface area contributed by atoms with Crippen LogP contribution in [0, 0.1) is 10.1 Å². The number of aliphatic hydroxyl groups excluding tert-OH is 1. The third-order valence-electron chi connectivity index (χ3n) is 2.38. The van der Waals surface area contributed by atoms with Gasteiger partial charge in [-0.1, -0.05) is 6.07 Å². The lowest BCUT2D eigenvalue weighted by Gasteiger charge is -2.10. The predicted molar refractivity (Wildman–Crippen MR) is 69.1 cm³/mol. The summed E-state index contributed by atoms with van der Waals surface area (Å²) in [5.74, 6) is 0.273. The fourth-order valence-electron chi connectivity index (χ4n) is 1.59. The van der Waals surface area contributed by atoms with Gasteiger partial charge >= 0.3 is 5.69 Å². The van der Waals surface area contributed by atoms with E-state index in [9.17, 15) is 10.1 Å². The molecule has 0 unspecified atom stereocenters. The average molecular weight is 254 g/mol. The minimum Gasteiger partial charge on any atom is -0.487 e. The molecule has 0 radical (unpaired) electrons. The molecule has 0 atom stereocenters. The van der Waals surface area contributed by atoms with Crippen molar-refractivity contribution in [1.29, 1.82) is 0 Å². The van der Waals surface area contributed by atoms with Gasteiger partial charge in [0, 0.05) is 13.2 Å². The topological polar surface area (TPSA) is 84.6 Å². The SMILES string of the molecule is CCOc1cccc(NCCCCO)c1[N+](=O)[O-]. The number of rotatable bonds is 8. The van der Waals surface area contributed by atoms with Crippen LogP contribution in [0.25, 0.3) is 0 Å². The first-order valence-electron chi connectivity index (χ1n) is 5.95. The highest BCUT2D eigenvalue weighted by atomic mass is 16.6. The number of nitro groups is 1. The van der Waals surface area contributed by atoms with E-state index in [1.807, 2.05) is 0 Å². The van der Waals surface area contributed by atoms with Crippen molar-refractivity contribution in [2.75, 3.05) is 25.1 Å². The first kappa shape index (κ1) is 14.2. The summed E-state index contributed by atoms with van der Waals surface area (Å²) in [7, 11) is 0. The van der Waals surface area contributed by atoms with E-state index < -0.39 is 4.92 Å². The zero-order valence-electron chi connectivity index (χ0n) is 10.4. The van der Waals surface area contributed by atoms with Crippen LogP contribution in [0.2, 0.25) is 0 Å². The van der Waals surface area contributed by atoms with E-state index in [2.05, 4.69) is 5.32 Å². The first-order valence-corrected chi connectivity index (χ1v) is 5.95. The number of unbranched alkanes of at least 4 members (excludes halogenated alkanes) is 1. The molecular formula is C12H18N2O4. The number of para-hydroxylation sites is 1. The summed E-state index contributed by atoms with van der Waals surface area (Å²) in [4.78, 5) is 10.6. The third kappa shape index (κ3) is 3.89. The van der Waals surface area contributed by atoms with Crippen LogP contribution in [0.5, 0.6) is 5.75 Å². The van der Waals surface area contributed by atoms with Crippen molar-refractivity contribution in [3.05, 3.63) is 28.3 Å². The van der Waals surface area contributed by atoms with E-state index >= 15 is 0 Å². The van der Waals surface area contributed by atoms with Crippen LogP contribution < -0.4 is 10.1 Å². The number of benzene rings is 1. The zero-order valence-corrected chi connectivity index (χ0v) is 10.4. The molecular weight excluding hydrogens is 236 g/mol. The Morgan fingerprint density at radius 3 is 2.83 bits per heavy atom. The summed E-state index contributed by atoms with van der Waals surface area (Å²) >= 11 is 0. The minimum absolute atomic E-state index is 0.0386. The molecule has 0 aliphatic rings. The maximum absolute atomic E-state index is 11.1. The number of hydrogen-bond donors (Lipinski definition) is 2. The number of nitrogens with zero attached hydrogens (tertiary/aromatic N) is 1. The maximum Gasteiger partial charge on any atom is 0.333 e. The van der Waals surface area contributed by atoms with Gasteiger partial charge in [0.2, 0.25) is 0 Å². The fourth-order valence-corrected chi connectivity index (χ4v) is 1.59. The molecule has 6 heteroatoms. The molecule has 0 saturated carbocycles. The van der Waals surface area contributed by atoms with Crippen molar-refractivity contribution in [3.8, 4) is 5.75 Å². The Kier molecular flexibility index (Phi) is 5.93. The average Bonchev–Trinajstić information content (AvgIpc) is 2.35. The second kappa shape index (κ2) is 7.50. The van der Waals surface area contributed by atoms with Crippen molar-refractivity contribution in [1.82, 2.24) is 0 Å². The van der Waals surface area contributed by atoms with Crippen LogP contribution in [0.4, 0.5) is 11.4 Å². The van der Waals surface area contributed by atoms with Crippen molar-refractivity contribution in [2.24, 2.45) is 0 Å². The molecule has 2 N–H and O–H groups in total. The Bertz CT molecular complexity index is 396. The van der Waals surface area contributed by atoms with Crippen LogP contribution in [-0.2, 0) is 0 Å². The lowest BCUT2D eigenvalue weighted by molar-refractivity contribution is -0.384. The van der Waals surface area contributed by atoms with Gasteiger partial charge < -0.3 is 15.2 Å². The van der Waals surface area contributed by atoms with Crippen LogP contribution >= 0.6 is 0 Å². The molecule has 0 bridgehead atoms. The van der Waals surface area contributed by atoms with Gasteiger partial charge in [0.15, 0.2) is 5.75 Å². The van der Waals surface area contributed by atoms with Gasteiger partial charge in [0.25, 0.3) is 0 Å². The smallest absolute Gasteiger partial charge is 0.333 e. The summed E-state index contributed by atoms with van der Waals surface area (Å²) in [6, 6.07) is 4.95. The third-order valence-corrected chi connectivity index (χ3v) is 2.38. The molecule has 6 nitrogen and oxygen atoms in total. The lowest BCUT2D eigenvalue weighted by atomic mass is 10.2. The molecule has 0 aliphatic carbocycles. The summed E-state index contributed by atoms with van der Waals surface area (Å²) in [6.07, 6.45) is 1.43. The molecule has 0 spiro atoms. The van der Waals surface area contributed by atoms with Gasteiger partial charge in [0.05, 0.1) is 11.5 Å². The van der Waals surface area contributed by atoms with Gasteiger partial charge in [-0.25, -0.2) is 0 Å². The Hall–Kier alpha value is -1.82. The normalized spacial score (nSPS) is 10.1. The molecule has 0 heterocycles. The lowest BCUT2D eigenvalue weighted by Crippen LogP contribution is -2.06. The summed E-state index contributed by atoms with van der Waals surface area (Å²) in [5, 5.41) is 22.7. The highest BCUT2D eigenvalue weighted by Gasteiger charge is 2.20. The van der Waals surface area contributed by atoms with Crippen molar-refractivity contribution in [3.63, 3.8) is 0 Å². The molecule has 1 rings (SSSR count). The quantitative estimate of drug-likeness (QED) is 0.422. The highest BCUT2D eigenvalue weighted by Crippen LogP contribution is 2.34. The summed E-state index contributed by atoms with van der Waals surface area (Å²) < 4.78 is 5.24. The van der Waals surface area contributed by atoms with Crippen molar-refractivity contribution >= 4 is 11.4 Å². The summed E-state index contributed by atoms with van der Waals surface area (Å²) in [6.45, 7) is 2.87. The van der Waals surface area contributed by atoms with Gasteiger partial charge in [-0.3, -0.25) is 10.1 Å². The van der Waals surface area contributed by atoms with Gasteiger partial charge in [0.1, 0.15) is 5.69 Å². The van der Waals surface area contributed by atoms with Crippen molar-refractivity contribution < 1.29 is 14.8 Å². The maximum atomic E-state index is 11.1. The number of hydrogen-bond acceptors (Lipinski definition) is 5. The van der Waals surface area contributed by atoms with E-state index in [1.54, 1.807) is 25.1 Å². The molecule has 0 aromatic heterocycles. The molecule has 0 aliphatic heterocycles. The van der Waals surface area contributed by atoms with E-state index in [-0.39, 0.29) is 18.0 Å². The number of nitro benzene ring substituents is 1. The Balaban J connectivity index is 2.82. The highest BCUT2D eigenvalue weighted by molar-refractivity contribution is 5.68. The zero-order chi connectivity index (χ0) is 13.4. The number of nitrogens with one attached hydrogen (secondary N) is 1. The number of ether oxygens (including phenoxy) is 1.